The molecule has 11 aliphatic heterocycles. The van der Waals surface area contributed by atoms with Crippen LogP contribution in [-0.4, -0.2) is 334 Å². The Hall–Kier alpha value is -4.37. The number of rotatable bonds is 21. The molecule has 0 radical (unpaired) electrons. The SMILES string of the molecule is COC[C@H]1O[C@@H](O[C@@H]2OC[C@@H]3O[C@@]4(OC[C@@H](OC(=O)c5c(C)cc(O)cc5O)[C@@H]5OCO[C@H]54)O[C@H]3[C@H]2O)[C@@H](OC)[C@@H](O)[C@@H]1O[C@@H]1O[C@H](C)[C@H](OC)[C@H](O[C@@H]2O[C@H](C)[C@H]3O[C@]4(C[C@@H](O)[C@H](O[C@H]5C[C@@H](O[C@H]6C[C@](C)([NH+]([O-])O)[C@@H](OC)[C@H](C)O6)[C@H](OC(=O)c6c(C)cc(O)c(Cl)c6OC)[C@@H](C)O5)[C@@H](C)O4)O[C@]3(C)[C@@H]2O)[C@H]1O. The number of phenolic OH excluding ortho intramolecular Hbond substituents is 3. The van der Waals surface area contributed by atoms with Crippen LogP contribution in [0.4, 0.5) is 0 Å². The van der Waals surface area contributed by atoms with Crippen molar-refractivity contribution in [2.45, 2.75) is 295 Å². The molecule has 11 saturated heterocycles. The number of hydrogen-bond acceptors (Lipinski definition) is 38. The summed E-state index contributed by atoms with van der Waals surface area (Å²) in [4.78, 5) is 27.6. The number of methoxy groups -OCH3 is 5. The van der Waals surface area contributed by atoms with Crippen LogP contribution in [-0.2, 0) is 118 Å². The molecule has 11 heterocycles. The van der Waals surface area contributed by atoms with Gasteiger partial charge in [-0.2, -0.15) is 0 Å². The van der Waals surface area contributed by atoms with Crippen LogP contribution >= 0.6 is 11.6 Å². The second-order valence-electron chi connectivity index (χ2n) is 29.9. The molecule has 2 spiro atoms. The molecule has 620 valence electrons. The summed E-state index contributed by atoms with van der Waals surface area (Å²) in [5.41, 5.74) is -2.99. The van der Waals surface area contributed by atoms with Crippen LogP contribution in [0, 0.1) is 19.1 Å². The molecule has 0 amide bonds. The molecular weight excluding hydrogens is 1500 g/mol. The largest absolute Gasteiger partial charge is 0.600 e. The molecule has 2 aromatic rings. The number of quaternary nitrogens is 1. The number of fused-ring (bicyclic) bond motifs is 4. The van der Waals surface area contributed by atoms with Gasteiger partial charge >= 0.3 is 17.9 Å². The van der Waals surface area contributed by atoms with Crippen LogP contribution in [0.1, 0.15) is 99.6 Å². The molecule has 36 atom stereocenters. The molecule has 11 fully saturated rings. The number of carbonyl (C=O) groups excluding carboxylic acids is 2. The molecule has 40 heteroatoms. The summed E-state index contributed by atoms with van der Waals surface area (Å²) in [6, 6.07) is 3.56. The van der Waals surface area contributed by atoms with E-state index in [0.29, 0.717) is 0 Å². The number of aromatic hydroxyl groups is 3. The van der Waals surface area contributed by atoms with Crippen molar-refractivity contribution in [2.75, 3.05) is 62.2 Å². The second kappa shape index (κ2) is 33.0. The number of aliphatic hydroxyl groups is 5. The molecule has 11 aliphatic rings. The summed E-state index contributed by atoms with van der Waals surface area (Å²) in [5, 5.41) is 114. The first-order valence-corrected chi connectivity index (χ1v) is 36.7. The molecule has 0 aliphatic carbocycles. The second-order valence-corrected chi connectivity index (χ2v) is 30.3. The molecule has 10 N–H and O–H groups in total. The van der Waals surface area contributed by atoms with Crippen molar-refractivity contribution in [3.05, 3.63) is 50.7 Å². The van der Waals surface area contributed by atoms with Gasteiger partial charge in [0.15, 0.2) is 67.3 Å². The molecular formula is C70H100ClNO38. The Morgan fingerprint density at radius 1 is 0.600 bits per heavy atom. The van der Waals surface area contributed by atoms with E-state index in [1.165, 1.54) is 61.5 Å². The third-order valence-corrected chi connectivity index (χ3v) is 22.8. The topological polar surface area (TPSA) is 484 Å². The van der Waals surface area contributed by atoms with E-state index in [0.717, 1.165) is 6.07 Å². The zero-order valence-corrected chi connectivity index (χ0v) is 63.6. The van der Waals surface area contributed by atoms with E-state index in [2.05, 4.69) is 0 Å². The number of hydroxylamine groups is 2. The Balaban J connectivity index is 0.642. The average Bonchev–Trinajstić information content (AvgIpc) is 1.56. The summed E-state index contributed by atoms with van der Waals surface area (Å²) in [7, 11) is 6.63. The summed E-state index contributed by atoms with van der Waals surface area (Å²) in [6.45, 7) is 13.1. The summed E-state index contributed by atoms with van der Waals surface area (Å²) >= 11 is 6.37. The Labute approximate surface area is 636 Å². The number of halogens is 1. The lowest BCUT2D eigenvalue weighted by atomic mass is 9.85. The van der Waals surface area contributed by atoms with Crippen LogP contribution in [0.5, 0.6) is 23.0 Å². The van der Waals surface area contributed by atoms with E-state index >= 15 is 0 Å². The van der Waals surface area contributed by atoms with Crippen LogP contribution < -0.4 is 9.96 Å². The maximum Gasteiger partial charge on any atom is 0.342 e. The summed E-state index contributed by atoms with van der Waals surface area (Å²) in [6.07, 6.45) is -40.0. The van der Waals surface area contributed by atoms with Crippen LogP contribution in [0.15, 0.2) is 18.2 Å². The fourth-order valence-corrected chi connectivity index (χ4v) is 17.3. The van der Waals surface area contributed by atoms with E-state index in [9.17, 15) is 60.9 Å². The number of ether oxygens (including phenoxy) is 26. The number of phenols is 3. The predicted molar refractivity (Wildman–Crippen MR) is 357 cm³/mol. The number of aliphatic hydroxyl groups excluding tert-OH is 5. The highest BCUT2D eigenvalue weighted by Crippen LogP contribution is 2.52. The number of aryl methyl sites for hydroxylation is 2. The van der Waals surface area contributed by atoms with Crippen molar-refractivity contribution >= 4 is 23.5 Å². The van der Waals surface area contributed by atoms with Crippen molar-refractivity contribution in [1.82, 2.24) is 0 Å². The highest BCUT2D eigenvalue weighted by molar-refractivity contribution is 6.34. The molecule has 0 bridgehead atoms. The minimum atomic E-state index is -2.05. The van der Waals surface area contributed by atoms with Gasteiger partial charge in [0.1, 0.15) is 143 Å². The first-order valence-electron chi connectivity index (χ1n) is 36.3. The van der Waals surface area contributed by atoms with Gasteiger partial charge in [-0.25, -0.2) is 20.0 Å². The first-order chi connectivity index (χ1) is 52.1. The molecule has 0 saturated carbocycles. The van der Waals surface area contributed by atoms with Crippen LogP contribution in [0.25, 0.3) is 0 Å². The number of hydrogen-bond donors (Lipinski definition) is 10. The molecule has 110 heavy (non-hydrogen) atoms. The number of carbonyl (C=O) groups is 2. The molecule has 13 rings (SSSR count). The average molecular weight is 1600 g/mol. The van der Waals surface area contributed by atoms with Crippen molar-refractivity contribution < 1.29 is 184 Å². The quantitative estimate of drug-likeness (QED) is 0.0535. The van der Waals surface area contributed by atoms with Crippen molar-refractivity contribution in [3.63, 3.8) is 0 Å². The number of benzene rings is 2. The van der Waals surface area contributed by atoms with E-state index in [1.807, 2.05) is 0 Å². The normalized spacial score (nSPS) is 46.3. The van der Waals surface area contributed by atoms with E-state index in [-0.39, 0.29) is 84.0 Å². The first kappa shape index (κ1) is 83.6. The number of nitrogens with one attached hydrogen (secondary N) is 1. The Morgan fingerprint density at radius 3 is 1.97 bits per heavy atom. The molecule has 39 nitrogen and oxygen atoms in total. The maximum absolute atomic E-state index is 14.2. The smallest absolute Gasteiger partial charge is 0.342 e. The molecule has 0 aromatic heterocycles. The lowest BCUT2D eigenvalue weighted by molar-refractivity contribution is -1.09. The monoisotopic (exact) mass is 1600 g/mol. The fraction of sp³-hybridized carbons (Fsp3) is 0.800. The van der Waals surface area contributed by atoms with Crippen molar-refractivity contribution in [1.29, 1.82) is 0 Å². The standard InChI is InChI=1S/C70H100ClNO38/c1-25-15-32(73)17-33(74)42(25)61(81)99-38-23-93-70(60-53(38)91-24-92-60)107-39-22-90-63(46(78)52(39)108-70)105-65-56(88-13)45(77)51(37(100-65)21-85-10)103-64-47(79)55(50(86-11)28(4)96-64)104-66-57(80)68(9)59(31(7)97-66)109-69(110-68)19-35(76)48(29(5)106-69)101-40-18-36(98-41-20-67(8,72(83)84)58(89-14)30(6)95-41)49(27(3)94-40)102-62(82)43-26(2)16-34(75)44(71)54(43)87-12/h15-17,27-31,35-41,45-53,55-60,63-66,72-80,83H,18-24H2,1-14H3/t27-,28-,29-,30+,31-,35-,36-,37-,38-,39+,40+,41+,45+,46-,47-,48-,49-,50+,51-,52-,53+,55-,56+,57-,58+,59-,60-,63+,64+,65+,66+,67+,68-,69-,70-/m1/s1. The lowest BCUT2D eigenvalue weighted by Gasteiger charge is -2.50. The zero-order valence-electron chi connectivity index (χ0n) is 62.8. The van der Waals surface area contributed by atoms with Crippen LogP contribution in [0.3, 0.4) is 0 Å². The summed E-state index contributed by atoms with van der Waals surface area (Å²) < 4.78 is 160. The minimum absolute atomic E-state index is 0.0934. The highest BCUT2D eigenvalue weighted by atomic mass is 35.5. The van der Waals surface area contributed by atoms with E-state index in [1.54, 1.807) is 48.5 Å². The molecule has 2 aromatic carbocycles. The van der Waals surface area contributed by atoms with Gasteiger partial charge in [0.05, 0.1) is 76.4 Å². The summed E-state index contributed by atoms with van der Waals surface area (Å²) in [5.74, 6) is -7.14. The number of esters is 2. The predicted octanol–water partition coefficient (Wildman–Crippen LogP) is -0.896. The van der Waals surface area contributed by atoms with Gasteiger partial charge in [-0.1, -0.05) is 11.6 Å². The fourth-order valence-electron chi connectivity index (χ4n) is 17.1. The van der Waals surface area contributed by atoms with Crippen LogP contribution in [0.2, 0.25) is 5.02 Å². The van der Waals surface area contributed by atoms with Gasteiger partial charge in [0.25, 0.3) is 5.97 Å². The van der Waals surface area contributed by atoms with Gasteiger partial charge in [-0.3, -0.25) is 0 Å². The minimum Gasteiger partial charge on any atom is -0.600 e. The van der Waals surface area contributed by atoms with Gasteiger partial charge in [-0.05, 0) is 85.6 Å². The highest BCUT2D eigenvalue weighted by Gasteiger charge is 2.70. The third-order valence-electron chi connectivity index (χ3n) is 22.4. The van der Waals surface area contributed by atoms with Gasteiger partial charge < -0.3 is 169 Å². The Kier molecular flexibility index (Phi) is 25.0. The lowest BCUT2D eigenvalue weighted by Crippen LogP contribution is -3.16. The Morgan fingerprint density at radius 2 is 1.29 bits per heavy atom. The van der Waals surface area contributed by atoms with E-state index < -0.39 is 243 Å². The maximum atomic E-state index is 14.2. The van der Waals surface area contributed by atoms with Gasteiger partial charge in [0, 0.05) is 40.9 Å². The Bertz CT molecular complexity index is 3520. The van der Waals surface area contributed by atoms with Crippen molar-refractivity contribution in [2.24, 2.45) is 0 Å². The zero-order chi connectivity index (χ0) is 79.3. The molecule has 1 unspecified atom stereocenters. The third kappa shape index (κ3) is 15.5. The van der Waals surface area contributed by atoms with Gasteiger partial charge in [0.2, 0.25) is 0 Å². The van der Waals surface area contributed by atoms with E-state index in [4.69, 9.17) is 135 Å². The van der Waals surface area contributed by atoms with Crippen molar-refractivity contribution in [3.8, 4) is 23.0 Å². The van der Waals surface area contributed by atoms with Gasteiger partial charge in [-0.15, -0.1) is 0 Å².